The molecule has 19 heavy (non-hydrogen) atoms. The Kier molecular flexibility index (Phi) is 12.5. The van der Waals surface area contributed by atoms with Gasteiger partial charge in [0.25, 0.3) is 0 Å². The van der Waals surface area contributed by atoms with Gasteiger partial charge in [-0.25, -0.2) is 0 Å². The van der Waals surface area contributed by atoms with E-state index in [1.807, 2.05) is 6.08 Å². The standard InChI is InChI=1S/C18H30O/c1-4-6-7-8-9-10-11-12-13-14-18(15-16-19)17(3)5-2/h5,7-8,11-12,16-18H,2,4,6,9-10,13-15H2,1,3H3/b8-7+,12-11+. The third kappa shape index (κ3) is 10.5. The number of carbonyl (C=O) groups excluding carboxylic acids is 1. The number of allylic oxidation sites excluding steroid dienone is 5. The Morgan fingerprint density at radius 3 is 2.11 bits per heavy atom. The van der Waals surface area contributed by atoms with Crippen LogP contribution in [0, 0.1) is 11.8 Å². The fourth-order valence-corrected chi connectivity index (χ4v) is 2.05. The summed E-state index contributed by atoms with van der Waals surface area (Å²) in [4.78, 5) is 10.6. The molecule has 0 fully saturated rings. The first-order valence-electron chi connectivity index (χ1n) is 7.62. The van der Waals surface area contributed by atoms with Gasteiger partial charge in [0, 0.05) is 6.42 Å². The molecular weight excluding hydrogens is 232 g/mol. The second kappa shape index (κ2) is 13.3. The molecular formula is C18H30O. The van der Waals surface area contributed by atoms with E-state index in [2.05, 4.69) is 44.7 Å². The molecule has 0 N–H and O–H groups in total. The molecule has 0 saturated heterocycles. The van der Waals surface area contributed by atoms with Gasteiger partial charge in [0.1, 0.15) is 6.29 Å². The number of carbonyl (C=O) groups is 1. The van der Waals surface area contributed by atoms with Gasteiger partial charge >= 0.3 is 0 Å². The zero-order chi connectivity index (χ0) is 14.3. The summed E-state index contributed by atoms with van der Waals surface area (Å²) >= 11 is 0. The Labute approximate surface area is 119 Å². The van der Waals surface area contributed by atoms with Gasteiger partial charge in [-0.05, 0) is 43.9 Å². The summed E-state index contributed by atoms with van der Waals surface area (Å²) < 4.78 is 0. The lowest BCUT2D eigenvalue weighted by Gasteiger charge is -2.17. The summed E-state index contributed by atoms with van der Waals surface area (Å²) in [5.74, 6) is 0.875. The predicted molar refractivity (Wildman–Crippen MR) is 85.2 cm³/mol. The van der Waals surface area contributed by atoms with E-state index in [9.17, 15) is 4.79 Å². The summed E-state index contributed by atoms with van der Waals surface area (Å²) in [6.45, 7) is 8.16. The van der Waals surface area contributed by atoms with E-state index < -0.39 is 0 Å². The molecule has 0 amide bonds. The van der Waals surface area contributed by atoms with Gasteiger partial charge in [-0.2, -0.15) is 0 Å². The van der Waals surface area contributed by atoms with E-state index in [1.165, 1.54) is 12.8 Å². The van der Waals surface area contributed by atoms with Crippen LogP contribution in [0.15, 0.2) is 37.0 Å². The maximum absolute atomic E-state index is 10.6. The molecule has 0 aromatic rings. The van der Waals surface area contributed by atoms with E-state index in [-0.39, 0.29) is 0 Å². The largest absolute Gasteiger partial charge is 0.303 e. The van der Waals surface area contributed by atoms with Crippen LogP contribution in [0.25, 0.3) is 0 Å². The molecule has 2 unspecified atom stereocenters. The van der Waals surface area contributed by atoms with Crippen molar-refractivity contribution >= 4 is 6.29 Å². The van der Waals surface area contributed by atoms with Crippen molar-refractivity contribution in [2.24, 2.45) is 11.8 Å². The molecule has 2 atom stereocenters. The lowest BCUT2D eigenvalue weighted by Crippen LogP contribution is -2.09. The van der Waals surface area contributed by atoms with Gasteiger partial charge in [0.2, 0.25) is 0 Å². The van der Waals surface area contributed by atoms with Crippen molar-refractivity contribution in [2.45, 2.75) is 58.8 Å². The maximum Gasteiger partial charge on any atom is 0.120 e. The first-order chi connectivity index (χ1) is 9.26. The zero-order valence-corrected chi connectivity index (χ0v) is 12.7. The quantitative estimate of drug-likeness (QED) is 0.258. The van der Waals surface area contributed by atoms with Crippen molar-refractivity contribution < 1.29 is 4.79 Å². The predicted octanol–water partition coefficient (Wildman–Crippen LogP) is 5.49. The molecule has 0 saturated carbocycles. The van der Waals surface area contributed by atoms with Gasteiger partial charge in [0.15, 0.2) is 0 Å². The molecule has 1 nitrogen and oxygen atoms in total. The number of rotatable bonds is 12. The van der Waals surface area contributed by atoms with Gasteiger partial charge in [-0.1, -0.05) is 50.6 Å². The highest BCUT2D eigenvalue weighted by Crippen LogP contribution is 2.21. The average molecular weight is 262 g/mol. The number of hydrogen-bond acceptors (Lipinski definition) is 1. The average Bonchev–Trinajstić information content (AvgIpc) is 2.43. The highest BCUT2D eigenvalue weighted by Gasteiger charge is 2.12. The van der Waals surface area contributed by atoms with Gasteiger partial charge < -0.3 is 4.79 Å². The smallest absolute Gasteiger partial charge is 0.120 e. The first-order valence-corrected chi connectivity index (χ1v) is 7.62. The van der Waals surface area contributed by atoms with Crippen molar-refractivity contribution in [2.75, 3.05) is 0 Å². The molecule has 0 rings (SSSR count). The lowest BCUT2D eigenvalue weighted by atomic mass is 9.87. The second-order valence-corrected chi connectivity index (χ2v) is 5.14. The van der Waals surface area contributed by atoms with E-state index in [0.717, 1.165) is 32.0 Å². The van der Waals surface area contributed by atoms with Crippen LogP contribution in [0.3, 0.4) is 0 Å². The van der Waals surface area contributed by atoms with E-state index in [0.29, 0.717) is 18.3 Å². The third-order valence-corrected chi connectivity index (χ3v) is 3.51. The molecule has 108 valence electrons. The van der Waals surface area contributed by atoms with Gasteiger partial charge in [-0.15, -0.1) is 6.58 Å². The normalized spacial score (nSPS) is 14.8. The Hall–Kier alpha value is -1.11. The van der Waals surface area contributed by atoms with Crippen LogP contribution in [-0.4, -0.2) is 6.29 Å². The van der Waals surface area contributed by atoms with Crippen molar-refractivity contribution in [3.05, 3.63) is 37.0 Å². The minimum atomic E-state index is 0.426. The summed E-state index contributed by atoms with van der Waals surface area (Å²) in [6.07, 6.45) is 19.5. The topological polar surface area (TPSA) is 17.1 Å². The molecule has 0 bridgehead atoms. The minimum absolute atomic E-state index is 0.426. The molecule has 0 aliphatic heterocycles. The molecule has 0 aromatic carbocycles. The van der Waals surface area contributed by atoms with Crippen LogP contribution in [0.4, 0.5) is 0 Å². The highest BCUT2D eigenvalue weighted by atomic mass is 16.1. The summed E-state index contributed by atoms with van der Waals surface area (Å²) in [6, 6.07) is 0. The molecule has 0 spiro atoms. The molecule has 0 aliphatic rings. The van der Waals surface area contributed by atoms with E-state index >= 15 is 0 Å². The summed E-state index contributed by atoms with van der Waals surface area (Å²) in [5, 5.41) is 0. The van der Waals surface area contributed by atoms with Crippen molar-refractivity contribution in [1.82, 2.24) is 0 Å². The molecule has 0 aliphatic carbocycles. The Morgan fingerprint density at radius 1 is 1.00 bits per heavy atom. The van der Waals surface area contributed by atoms with Crippen LogP contribution >= 0.6 is 0 Å². The maximum atomic E-state index is 10.6. The molecule has 0 heterocycles. The highest BCUT2D eigenvalue weighted by molar-refractivity contribution is 5.49. The van der Waals surface area contributed by atoms with Crippen LogP contribution in [0.1, 0.15) is 58.8 Å². The monoisotopic (exact) mass is 262 g/mol. The van der Waals surface area contributed by atoms with Crippen molar-refractivity contribution in [3.63, 3.8) is 0 Å². The third-order valence-electron chi connectivity index (χ3n) is 3.51. The molecule has 0 radical (unpaired) electrons. The van der Waals surface area contributed by atoms with Crippen LogP contribution in [0.5, 0.6) is 0 Å². The van der Waals surface area contributed by atoms with Gasteiger partial charge in [-0.3, -0.25) is 0 Å². The Morgan fingerprint density at radius 2 is 1.58 bits per heavy atom. The van der Waals surface area contributed by atoms with E-state index in [1.54, 1.807) is 0 Å². The van der Waals surface area contributed by atoms with Crippen molar-refractivity contribution in [3.8, 4) is 0 Å². The van der Waals surface area contributed by atoms with Crippen molar-refractivity contribution in [1.29, 1.82) is 0 Å². The minimum Gasteiger partial charge on any atom is -0.303 e. The lowest BCUT2D eigenvalue weighted by molar-refractivity contribution is -0.108. The SMILES string of the molecule is C=CC(C)C(CC=O)CC/C=C/CC/C=C/CCC. The molecule has 1 heteroatoms. The fourth-order valence-electron chi connectivity index (χ4n) is 2.05. The number of hydrogen-bond donors (Lipinski definition) is 0. The number of unbranched alkanes of at least 4 members (excludes halogenated alkanes) is 2. The summed E-state index contributed by atoms with van der Waals surface area (Å²) in [7, 11) is 0. The Balaban J connectivity index is 3.73. The van der Waals surface area contributed by atoms with E-state index in [4.69, 9.17) is 0 Å². The Bertz CT molecular complexity index is 275. The zero-order valence-electron chi connectivity index (χ0n) is 12.7. The summed E-state index contributed by atoms with van der Waals surface area (Å²) in [5.41, 5.74) is 0. The number of aldehydes is 1. The molecule has 0 aromatic heterocycles. The first kappa shape index (κ1) is 17.9. The second-order valence-electron chi connectivity index (χ2n) is 5.14. The van der Waals surface area contributed by atoms with Crippen LogP contribution in [-0.2, 0) is 4.79 Å². The van der Waals surface area contributed by atoms with Crippen LogP contribution in [0.2, 0.25) is 0 Å². The van der Waals surface area contributed by atoms with Gasteiger partial charge in [0.05, 0.1) is 0 Å². The fraction of sp³-hybridized carbons (Fsp3) is 0.611. The van der Waals surface area contributed by atoms with Crippen LogP contribution < -0.4 is 0 Å².